The molecule has 0 radical (unpaired) electrons. The average Bonchev–Trinajstić information content (AvgIpc) is 2.42. The van der Waals surface area contributed by atoms with E-state index in [1.807, 2.05) is 31.2 Å². The Labute approximate surface area is 117 Å². The summed E-state index contributed by atoms with van der Waals surface area (Å²) in [6.45, 7) is 3.72. The number of aryl methyl sites for hydroxylation is 2. The first kappa shape index (κ1) is 13.7. The molecule has 102 valence electrons. The second-order valence-electron chi connectivity index (χ2n) is 4.54. The molecule has 0 amide bonds. The number of hydrogen-bond acceptors (Lipinski definition) is 4. The van der Waals surface area contributed by atoms with Gasteiger partial charge in [0.05, 0.1) is 16.8 Å². The van der Waals surface area contributed by atoms with Crippen LogP contribution in [0, 0.1) is 24.0 Å². The maximum atomic E-state index is 10.8. The molecule has 2 rings (SSSR count). The minimum Gasteiger partial charge on any atom is -0.279 e. The molecule has 0 aromatic heterocycles. The molecule has 0 aliphatic carbocycles. The molecule has 0 aliphatic heterocycles. The standard InChI is InChI=1S/C15H15N3O2/c1-11-3-7-14(8-4-11)17-16-10-13-6-5-12(2)15(9-13)18(19)20/h3-10,17H,1-2H3. The summed E-state index contributed by atoms with van der Waals surface area (Å²) < 4.78 is 0. The van der Waals surface area contributed by atoms with Crippen LogP contribution in [0.2, 0.25) is 0 Å². The van der Waals surface area contributed by atoms with Gasteiger partial charge >= 0.3 is 0 Å². The molecule has 5 nitrogen and oxygen atoms in total. The van der Waals surface area contributed by atoms with E-state index in [4.69, 9.17) is 0 Å². The van der Waals surface area contributed by atoms with Crippen molar-refractivity contribution in [3.63, 3.8) is 0 Å². The zero-order valence-electron chi connectivity index (χ0n) is 11.3. The number of anilines is 1. The van der Waals surface area contributed by atoms with E-state index in [0.29, 0.717) is 11.1 Å². The zero-order valence-corrected chi connectivity index (χ0v) is 11.3. The number of rotatable bonds is 4. The normalized spacial score (nSPS) is 10.7. The minimum absolute atomic E-state index is 0.101. The molecule has 2 aromatic carbocycles. The van der Waals surface area contributed by atoms with Gasteiger partial charge in [-0.15, -0.1) is 0 Å². The van der Waals surface area contributed by atoms with Gasteiger partial charge in [-0.1, -0.05) is 29.8 Å². The lowest BCUT2D eigenvalue weighted by Crippen LogP contribution is -1.95. The van der Waals surface area contributed by atoms with Gasteiger partial charge in [-0.2, -0.15) is 5.10 Å². The molecule has 0 fully saturated rings. The van der Waals surface area contributed by atoms with Gasteiger partial charge in [-0.25, -0.2) is 0 Å². The van der Waals surface area contributed by atoms with E-state index in [2.05, 4.69) is 10.5 Å². The molecule has 0 heterocycles. The van der Waals surface area contributed by atoms with Gasteiger partial charge in [-0.05, 0) is 26.0 Å². The second kappa shape index (κ2) is 5.97. The van der Waals surface area contributed by atoms with Crippen molar-refractivity contribution in [3.05, 3.63) is 69.3 Å². The molecule has 0 aliphatic rings. The molecule has 0 bridgehead atoms. The third kappa shape index (κ3) is 3.41. The van der Waals surface area contributed by atoms with Crippen LogP contribution in [-0.4, -0.2) is 11.1 Å². The number of hydrogen-bond donors (Lipinski definition) is 1. The molecule has 2 aromatic rings. The van der Waals surface area contributed by atoms with E-state index in [1.54, 1.807) is 25.3 Å². The van der Waals surface area contributed by atoms with Gasteiger partial charge in [-0.3, -0.25) is 15.5 Å². The highest BCUT2D eigenvalue weighted by atomic mass is 16.6. The van der Waals surface area contributed by atoms with Gasteiger partial charge in [0.2, 0.25) is 0 Å². The molecule has 5 heteroatoms. The van der Waals surface area contributed by atoms with Crippen molar-refractivity contribution in [2.45, 2.75) is 13.8 Å². The van der Waals surface area contributed by atoms with Gasteiger partial charge < -0.3 is 0 Å². The Bertz CT molecular complexity index is 649. The maximum absolute atomic E-state index is 10.8. The minimum atomic E-state index is -0.389. The fourth-order valence-corrected chi connectivity index (χ4v) is 1.71. The summed E-state index contributed by atoms with van der Waals surface area (Å²) in [5.41, 5.74) is 6.35. The third-order valence-electron chi connectivity index (χ3n) is 2.89. The first-order chi connectivity index (χ1) is 9.56. The number of nitro benzene ring substituents is 1. The molecule has 0 spiro atoms. The summed E-state index contributed by atoms with van der Waals surface area (Å²) in [4.78, 5) is 10.5. The Kier molecular flexibility index (Phi) is 4.10. The fourth-order valence-electron chi connectivity index (χ4n) is 1.71. The first-order valence-corrected chi connectivity index (χ1v) is 6.17. The summed E-state index contributed by atoms with van der Waals surface area (Å²) in [6.07, 6.45) is 1.56. The number of nitrogens with one attached hydrogen (secondary N) is 1. The summed E-state index contributed by atoms with van der Waals surface area (Å²) in [5.74, 6) is 0. The lowest BCUT2D eigenvalue weighted by atomic mass is 10.1. The van der Waals surface area contributed by atoms with E-state index in [0.717, 1.165) is 5.69 Å². The Hall–Kier alpha value is -2.69. The van der Waals surface area contributed by atoms with Crippen LogP contribution in [0.25, 0.3) is 0 Å². The fraction of sp³-hybridized carbons (Fsp3) is 0.133. The summed E-state index contributed by atoms with van der Waals surface area (Å²) in [7, 11) is 0. The van der Waals surface area contributed by atoms with E-state index in [-0.39, 0.29) is 10.6 Å². The summed E-state index contributed by atoms with van der Waals surface area (Å²) in [6, 6.07) is 12.8. The number of hydrazone groups is 1. The molecular weight excluding hydrogens is 254 g/mol. The van der Waals surface area contributed by atoms with Crippen LogP contribution in [0.1, 0.15) is 16.7 Å². The Morgan fingerprint density at radius 3 is 2.50 bits per heavy atom. The lowest BCUT2D eigenvalue weighted by Gasteiger charge is -2.01. The van der Waals surface area contributed by atoms with E-state index >= 15 is 0 Å². The molecule has 20 heavy (non-hydrogen) atoms. The second-order valence-corrected chi connectivity index (χ2v) is 4.54. The SMILES string of the molecule is Cc1ccc(NN=Cc2ccc(C)c([N+](=O)[O-])c2)cc1. The first-order valence-electron chi connectivity index (χ1n) is 6.17. The quantitative estimate of drug-likeness (QED) is 0.523. The Morgan fingerprint density at radius 1 is 1.15 bits per heavy atom. The van der Waals surface area contributed by atoms with Crippen LogP contribution < -0.4 is 5.43 Å². The zero-order chi connectivity index (χ0) is 14.5. The highest BCUT2D eigenvalue weighted by Gasteiger charge is 2.09. The van der Waals surface area contributed by atoms with E-state index in [1.165, 1.54) is 11.6 Å². The van der Waals surface area contributed by atoms with Crippen LogP contribution in [-0.2, 0) is 0 Å². The molecular formula is C15H15N3O2. The van der Waals surface area contributed by atoms with Crippen molar-refractivity contribution in [3.8, 4) is 0 Å². The van der Waals surface area contributed by atoms with Crippen molar-refractivity contribution in [1.29, 1.82) is 0 Å². The summed E-state index contributed by atoms with van der Waals surface area (Å²) >= 11 is 0. The molecule has 0 atom stereocenters. The van der Waals surface area contributed by atoms with Crippen LogP contribution in [0.3, 0.4) is 0 Å². The summed E-state index contributed by atoms with van der Waals surface area (Å²) in [5, 5.41) is 14.9. The van der Waals surface area contributed by atoms with Gasteiger partial charge in [0.25, 0.3) is 5.69 Å². The van der Waals surface area contributed by atoms with Crippen molar-refractivity contribution in [2.75, 3.05) is 5.43 Å². The average molecular weight is 269 g/mol. The van der Waals surface area contributed by atoms with Gasteiger partial charge in [0.1, 0.15) is 0 Å². The van der Waals surface area contributed by atoms with Crippen molar-refractivity contribution in [2.24, 2.45) is 5.10 Å². The van der Waals surface area contributed by atoms with Crippen LogP contribution in [0.4, 0.5) is 11.4 Å². The van der Waals surface area contributed by atoms with Crippen LogP contribution in [0.15, 0.2) is 47.6 Å². The maximum Gasteiger partial charge on any atom is 0.272 e. The van der Waals surface area contributed by atoms with Gasteiger partial charge in [0.15, 0.2) is 0 Å². The smallest absolute Gasteiger partial charge is 0.272 e. The highest BCUT2D eigenvalue weighted by Crippen LogP contribution is 2.18. The van der Waals surface area contributed by atoms with Crippen LogP contribution in [0.5, 0.6) is 0 Å². The predicted octanol–water partition coefficient (Wildman–Crippen LogP) is 3.66. The predicted molar refractivity (Wildman–Crippen MR) is 80.2 cm³/mol. The van der Waals surface area contributed by atoms with Crippen molar-refractivity contribution >= 4 is 17.6 Å². The Morgan fingerprint density at radius 2 is 1.85 bits per heavy atom. The number of benzene rings is 2. The molecule has 1 N–H and O–H groups in total. The number of nitrogens with zero attached hydrogens (tertiary/aromatic N) is 2. The largest absolute Gasteiger partial charge is 0.279 e. The van der Waals surface area contributed by atoms with E-state index in [9.17, 15) is 10.1 Å². The lowest BCUT2D eigenvalue weighted by molar-refractivity contribution is -0.385. The molecule has 0 unspecified atom stereocenters. The Balaban J connectivity index is 2.10. The monoisotopic (exact) mass is 269 g/mol. The van der Waals surface area contributed by atoms with Crippen molar-refractivity contribution < 1.29 is 4.92 Å². The topological polar surface area (TPSA) is 67.5 Å². The van der Waals surface area contributed by atoms with Crippen LogP contribution >= 0.6 is 0 Å². The van der Waals surface area contributed by atoms with Crippen molar-refractivity contribution in [1.82, 2.24) is 0 Å². The third-order valence-corrected chi connectivity index (χ3v) is 2.89. The molecule has 0 saturated heterocycles. The van der Waals surface area contributed by atoms with Gasteiger partial charge in [0, 0.05) is 17.2 Å². The van der Waals surface area contributed by atoms with E-state index < -0.39 is 0 Å². The molecule has 0 saturated carbocycles. The number of nitro groups is 1. The highest BCUT2D eigenvalue weighted by molar-refractivity contribution is 5.81.